The number of benzene rings is 1. The van der Waals surface area contributed by atoms with E-state index in [1.165, 1.54) is 11.8 Å². The molecule has 2 aromatic rings. The first kappa shape index (κ1) is 17.6. The summed E-state index contributed by atoms with van der Waals surface area (Å²) in [6.07, 6.45) is 0.905. The van der Waals surface area contributed by atoms with Crippen molar-refractivity contribution in [3.05, 3.63) is 23.2 Å². The second kappa shape index (κ2) is 8.21. The van der Waals surface area contributed by atoms with Crippen LogP contribution in [0.4, 0.5) is 0 Å². The first-order valence-electron chi connectivity index (χ1n) is 7.25. The van der Waals surface area contributed by atoms with Gasteiger partial charge in [-0.05, 0) is 31.5 Å². The van der Waals surface area contributed by atoms with Gasteiger partial charge in [-0.3, -0.25) is 9.89 Å². The molecule has 2 N–H and O–H groups in total. The number of thioether (sulfide) groups is 1. The number of aromatic amines is 1. The van der Waals surface area contributed by atoms with Gasteiger partial charge in [-0.2, -0.15) is 0 Å². The highest BCUT2D eigenvalue weighted by molar-refractivity contribution is 8.00. The molecular weight excluding hydrogens is 336 g/mol. The summed E-state index contributed by atoms with van der Waals surface area (Å²) in [7, 11) is 1.58. The molecule has 0 saturated heterocycles. The number of nitrogens with zero attached hydrogens (tertiary/aromatic N) is 2. The van der Waals surface area contributed by atoms with E-state index in [1.807, 2.05) is 13.8 Å². The third-order valence-corrected chi connectivity index (χ3v) is 4.28. The van der Waals surface area contributed by atoms with Crippen molar-refractivity contribution in [3.8, 4) is 17.1 Å². The molecule has 8 heteroatoms. The lowest BCUT2D eigenvalue weighted by atomic mass is 10.2. The molecule has 1 aromatic heterocycles. The number of nitrogens with one attached hydrogen (secondary N) is 2. The van der Waals surface area contributed by atoms with Crippen LogP contribution in [0, 0.1) is 0 Å². The normalized spacial score (nSPS) is 12.0. The predicted octanol–water partition coefficient (Wildman–Crippen LogP) is 3.14. The number of methoxy groups -OCH3 is 1. The smallest absolute Gasteiger partial charge is 0.233 e. The number of carbonyl (C=O) groups excluding carboxylic acids is 1. The summed E-state index contributed by atoms with van der Waals surface area (Å²) in [5.74, 6) is 1.17. The van der Waals surface area contributed by atoms with Crippen LogP contribution in [0.5, 0.6) is 5.75 Å². The molecule has 2 rings (SSSR count). The van der Waals surface area contributed by atoms with E-state index >= 15 is 0 Å². The lowest BCUT2D eigenvalue weighted by molar-refractivity contribution is -0.120. The van der Waals surface area contributed by atoms with E-state index in [4.69, 9.17) is 16.3 Å². The van der Waals surface area contributed by atoms with Gasteiger partial charge in [0.2, 0.25) is 11.1 Å². The van der Waals surface area contributed by atoms with Gasteiger partial charge in [0.1, 0.15) is 5.75 Å². The maximum atomic E-state index is 11.9. The fourth-order valence-corrected chi connectivity index (χ4v) is 2.81. The van der Waals surface area contributed by atoms with Crippen molar-refractivity contribution in [2.75, 3.05) is 13.7 Å². The number of carbonyl (C=O) groups is 1. The largest absolute Gasteiger partial charge is 0.496 e. The van der Waals surface area contributed by atoms with E-state index in [2.05, 4.69) is 20.5 Å². The Hall–Kier alpha value is -1.73. The second-order valence-corrected chi connectivity index (χ2v) is 6.61. The molecule has 0 aliphatic carbocycles. The van der Waals surface area contributed by atoms with Crippen LogP contribution >= 0.6 is 23.4 Å². The molecule has 6 nitrogen and oxygen atoms in total. The molecule has 124 valence electrons. The van der Waals surface area contributed by atoms with Crippen LogP contribution in [-0.2, 0) is 4.79 Å². The summed E-state index contributed by atoms with van der Waals surface area (Å²) >= 11 is 7.33. The number of ether oxygens (including phenoxy) is 1. The van der Waals surface area contributed by atoms with Gasteiger partial charge in [0.15, 0.2) is 5.82 Å². The summed E-state index contributed by atoms with van der Waals surface area (Å²) in [6.45, 7) is 4.51. The summed E-state index contributed by atoms with van der Waals surface area (Å²) in [5, 5.41) is 10.7. The SMILES string of the molecule is CCCNC(=O)C(C)Sc1n[nH]c(-c2cc(Cl)ccc2OC)n1. The molecule has 23 heavy (non-hydrogen) atoms. The number of aromatic nitrogens is 3. The number of hydrogen-bond acceptors (Lipinski definition) is 5. The van der Waals surface area contributed by atoms with E-state index in [1.54, 1.807) is 25.3 Å². The lowest BCUT2D eigenvalue weighted by Crippen LogP contribution is -2.31. The van der Waals surface area contributed by atoms with Gasteiger partial charge in [0.25, 0.3) is 0 Å². The molecular formula is C15H19ClN4O2S. The number of hydrogen-bond donors (Lipinski definition) is 2. The number of rotatable bonds is 7. The molecule has 0 bridgehead atoms. The van der Waals surface area contributed by atoms with Crippen LogP contribution < -0.4 is 10.1 Å². The third-order valence-electron chi connectivity index (χ3n) is 3.08. The van der Waals surface area contributed by atoms with Gasteiger partial charge in [-0.25, -0.2) is 4.98 Å². The Morgan fingerprint density at radius 2 is 2.30 bits per heavy atom. The molecule has 1 aromatic carbocycles. The van der Waals surface area contributed by atoms with Crippen LogP contribution in [-0.4, -0.2) is 40.0 Å². The number of H-pyrrole nitrogens is 1. The fraction of sp³-hybridized carbons (Fsp3) is 0.400. The van der Waals surface area contributed by atoms with Gasteiger partial charge >= 0.3 is 0 Å². The Bertz CT molecular complexity index is 677. The Morgan fingerprint density at radius 3 is 3.00 bits per heavy atom. The van der Waals surface area contributed by atoms with Gasteiger partial charge < -0.3 is 10.1 Å². The maximum Gasteiger partial charge on any atom is 0.233 e. The average molecular weight is 355 g/mol. The summed E-state index contributed by atoms with van der Waals surface area (Å²) in [5.41, 5.74) is 0.724. The highest BCUT2D eigenvalue weighted by Crippen LogP contribution is 2.31. The minimum atomic E-state index is -0.272. The van der Waals surface area contributed by atoms with E-state index < -0.39 is 0 Å². The van der Waals surface area contributed by atoms with Crippen molar-refractivity contribution in [1.82, 2.24) is 20.5 Å². The Kier molecular flexibility index (Phi) is 6.29. The highest BCUT2D eigenvalue weighted by atomic mass is 35.5. The third kappa shape index (κ3) is 4.62. The van der Waals surface area contributed by atoms with Crippen molar-refractivity contribution in [3.63, 3.8) is 0 Å². The molecule has 0 fully saturated rings. The van der Waals surface area contributed by atoms with Crippen molar-refractivity contribution >= 4 is 29.3 Å². The maximum absolute atomic E-state index is 11.9. The number of halogens is 1. The molecule has 1 atom stereocenters. The second-order valence-electron chi connectivity index (χ2n) is 4.86. The van der Waals surface area contributed by atoms with Crippen LogP contribution in [0.25, 0.3) is 11.4 Å². The van der Waals surface area contributed by atoms with Gasteiger partial charge in [-0.15, -0.1) is 5.10 Å². The molecule has 0 spiro atoms. The van der Waals surface area contributed by atoms with Crippen molar-refractivity contribution in [2.24, 2.45) is 0 Å². The van der Waals surface area contributed by atoms with Gasteiger partial charge in [0.05, 0.1) is 17.9 Å². The zero-order valence-electron chi connectivity index (χ0n) is 13.2. The quantitative estimate of drug-likeness (QED) is 0.747. The van der Waals surface area contributed by atoms with Crippen LogP contribution in [0.15, 0.2) is 23.4 Å². The average Bonchev–Trinajstić information content (AvgIpc) is 3.00. The molecule has 1 heterocycles. The topological polar surface area (TPSA) is 79.9 Å². The zero-order valence-corrected chi connectivity index (χ0v) is 14.8. The molecule has 1 amide bonds. The molecule has 0 aliphatic heterocycles. The zero-order chi connectivity index (χ0) is 16.8. The minimum absolute atomic E-state index is 0.0245. The first-order valence-corrected chi connectivity index (χ1v) is 8.51. The van der Waals surface area contributed by atoms with Crippen molar-refractivity contribution in [1.29, 1.82) is 0 Å². The molecule has 0 aliphatic rings. The summed E-state index contributed by atoms with van der Waals surface area (Å²) in [6, 6.07) is 5.27. The fourth-order valence-electron chi connectivity index (χ4n) is 1.89. The molecule has 0 saturated carbocycles. The Labute approximate surface area is 144 Å². The predicted molar refractivity (Wildman–Crippen MR) is 92.0 cm³/mol. The van der Waals surface area contributed by atoms with E-state index in [9.17, 15) is 4.79 Å². The van der Waals surface area contributed by atoms with E-state index in [0.717, 1.165) is 12.0 Å². The summed E-state index contributed by atoms with van der Waals surface area (Å²) < 4.78 is 5.31. The molecule has 0 radical (unpaired) electrons. The monoisotopic (exact) mass is 354 g/mol. The standard InChI is InChI=1S/C15H19ClN4O2S/c1-4-7-17-14(21)9(2)23-15-18-13(19-20-15)11-8-10(16)5-6-12(11)22-3/h5-6,8-9H,4,7H2,1-3H3,(H,17,21)(H,18,19,20). The highest BCUT2D eigenvalue weighted by Gasteiger charge is 2.18. The number of amides is 1. The van der Waals surface area contributed by atoms with Crippen LogP contribution in [0.2, 0.25) is 5.02 Å². The van der Waals surface area contributed by atoms with Gasteiger partial charge in [-0.1, -0.05) is 30.3 Å². The lowest BCUT2D eigenvalue weighted by Gasteiger charge is -2.08. The summed E-state index contributed by atoms with van der Waals surface area (Å²) in [4.78, 5) is 16.3. The Morgan fingerprint density at radius 1 is 1.52 bits per heavy atom. The van der Waals surface area contributed by atoms with Crippen molar-refractivity contribution in [2.45, 2.75) is 30.7 Å². The van der Waals surface area contributed by atoms with Crippen LogP contribution in [0.3, 0.4) is 0 Å². The molecule has 1 unspecified atom stereocenters. The van der Waals surface area contributed by atoms with Crippen LogP contribution in [0.1, 0.15) is 20.3 Å². The van der Waals surface area contributed by atoms with E-state index in [0.29, 0.717) is 28.3 Å². The Balaban J connectivity index is 2.12. The van der Waals surface area contributed by atoms with E-state index in [-0.39, 0.29) is 11.2 Å². The van der Waals surface area contributed by atoms with Gasteiger partial charge in [0, 0.05) is 11.6 Å². The first-order chi connectivity index (χ1) is 11.0. The minimum Gasteiger partial charge on any atom is -0.496 e. The van der Waals surface area contributed by atoms with Crippen molar-refractivity contribution < 1.29 is 9.53 Å².